The van der Waals surface area contributed by atoms with E-state index in [-0.39, 0.29) is 42.8 Å². The zero-order chi connectivity index (χ0) is 51.4. The Morgan fingerprint density at radius 3 is 2.23 bits per heavy atom. The Balaban J connectivity index is 1.70. The van der Waals surface area contributed by atoms with Gasteiger partial charge in [-0.15, -0.1) is 0 Å². The molecule has 2 saturated heterocycles. The number of esters is 1. The van der Waals surface area contributed by atoms with Gasteiger partial charge in [0.05, 0.1) is 24.4 Å². The average Bonchev–Trinajstić information content (AvgIpc) is 3.30. The molecule has 3 aliphatic heterocycles. The van der Waals surface area contributed by atoms with E-state index in [1.54, 1.807) is 40.9 Å². The highest BCUT2D eigenvalue weighted by Crippen LogP contribution is 2.41. The molecular weight excluding hydrogens is 910 g/mol. The number of fused-ring (bicyclic) bond motifs is 3. The third kappa shape index (κ3) is 16.1. The van der Waals surface area contributed by atoms with Gasteiger partial charge in [-0.1, -0.05) is 71.1 Å². The monoisotopic (exact) mass is 992 g/mol. The first kappa shape index (κ1) is 58.4. The molecule has 17 nitrogen and oxygen atoms in total. The number of Topliss-reactive ketones (excluding diaryl/α,β-unsaturated/α-hetero) is 3. The molecule has 2 bridgehead atoms. The Morgan fingerprint density at radius 1 is 0.870 bits per heavy atom. The molecule has 0 spiro atoms. The molecule has 3 unspecified atom stereocenters. The second-order valence-corrected chi connectivity index (χ2v) is 21.8. The number of carbonyl (C=O) groups excluding carboxylic acids is 5. The Morgan fingerprint density at radius 2 is 1.58 bits per heavy atom. The quantitative estimate of drug-likeness (QED) is 0.0910. The lowest BCUT2D eigenvalue weighted by atomic mass is 9.78. The average molecular weight is 992 g/mol. The van der Waals surface area contributed by atoms with Crippen molar-refractivity contribution in [3.8, 4) is 0 Å². The highest BCUT2D eigenvalue weighted by Gasteiger charge is 2.53. The molecule has 3 heterocycles. The second-order valence-electron chi connectivity index (χ2n) is 20.3. The minimum absolute atomic E-state index is 0.00261. The predicted molar refractivity (Wildman–Crippen MR) is 260 cm³/mol. The van der Waals surface area contributed by atoms with Crippen molar-refractivity contribution in [2.75, 3.05) is 27.9 Å². The summed E-state index contributed by atoms with van der Waals surface area (Å²) >= 11 is 0. The molecule has 390 valence electrons. The van der Waals surface area contributed by atoms with Crippen molar-refractivity contribution in [3.05, 3.63) is 47.6 Å². The lowest BCUT2D eigenvalue weighted by molar-refractivity contribution is -0.265. The van der Waals surface area contributed by atoms with Crippen LogP contribution in [0.15, 0.2) is 47.6 Å². The molecule has 6 N–H and O–H groups in total. The number of methoxy groups -OCH3 is 3. The summed E-state index contributed by atoms with van der Waals surface area (Å²) in [6, 6.07) is -1.18. The minimum Gasteiger partial charge on any atom is -0.460 e. The first-order valence-electron chi connectivity index (χ1n) is 24.8. The van der Waals surface area contributed by atoms with E-state index in [9.17, 15) is 38.8 Å². The van der Waals surface area contributed by atoms with Gasteiger partial charge in [0.2, 0.25) is 5.79 Å². The summed E-state index contributed by atoms with van der Waals surface area (Å²) in [6.07, 6.45) is 10.2. The standard InChI is InChI=1S/C51H82N3O14P/c1-30-16-12-11-13-17-31(2)42(63-8)28-38-21-19-36(7)51(61,67-38)48(58)49(59)54-23-15-14-18-39(54)50(60)66-43(33(4)26-37-20-22-41(44(27-37)64-9)68-69(52,53)62)29-40(55)32(3)25-35(6)46(57)47(65-10)45(56)34(5)24-30/h11-13,16-17,25,30,32-34,36-39,41-44,46-47,57,61H,14-15,18-24,26-29H2,1-10H3,(H4,52,53,62)/b13-11+,16-12+,31-17+,35-25+/t30-,32-,33-,34-,36?,37+,38+,39?,41-,42+,43+,44-,46-,47+,51?/m1/s1. The third-order valence-corrected chi connectivity index (χ3v) is 15.4. The molecule has 0 aromatic rings. The maximum absolute atomic E-state index is 14.5. The SMILES string of the molecule is CO[C@H]1C[C@@H]2CCC(C)C(O)(O2)C(=O)C(=O)N2CCCCC2C(=O)O[C@H]([C@H](C)C[C@@H]2CC[C@@H](OP(N)(N)=O)[C@H](OC)C2)CC(=O)[C@H](C)/C=C(\C)[C@@H](O)[C@@H](OC)C(=O)[C@H](C)C[C@H](C)/C=C/C=C/C=C/1C. The number of rotatable bonds is 8. The van der Waals surface area contributed by atoms with Crippen molar-refractivity contribution in [3.63, 3.8) is 0 Å². The highest BCUT2D eigenvalue weighted by molar-refractivity contribution is 7.53. The Labute approximate surface area is 409 Å². The molecule has 4 aliphatic rings. The molecule has 3 fully saturated rings. The van der Waals surface area contributed by atoms with Gasteiger partial charge in [0.25, 0.3) is 11.7 Å². The van der Waals surface area contributed by atoms with Crippen molar-refractivity contribution in [1.82, 2.24) is 4.90 Å². The number of hydrogen-bond acceptors (Lipinski definition) is 14. The number of nitrogens with two attached hydrogens (primary N) is 2. The summed E-state index contributed by atoms with van der Waals surface area (Å²) in [5.74, 6) is -8.41. The zero-order valence-electron chi connectivity index (χ0n) is 42.6. The van der Waals surface area contributed by atoms with Gasteiger partial charge in [0.15, 0.2) is 5.78 Å². The lowest BCUT2D eigenvalue weighted by Gasteiger charge is -2.42. The topological polar surface area (TPSA) is 254 Å². The number of amides is 1. The highest BCUT2D eigenvalue weighted by atomic mass is 31.2. The largest absolute Gasteiger partial charge is 0.460 e. The number of carbonyl (C=O) groups is 5. The first-order chi connectivity index (χ1) is 32.4. The first-order valence-corrected chi connectivity index (χ1v) is 26.5. The summed E-state index contributed by atoms with van der Waals surface area (Å²) < 4.78 is 47.1. The minimum atomic E-state index is -3.79. The van der Waals surface area contributed by atoms with E-state index in [1.165, 1.54) is 19.1 Å². The summed E-state index contributed by atoms with van der Waals surface area (Å²) in [5, 5.41) is 23.4. The van der Waals surface area contributed by atoms with Crippen LogP contribution in [0.3, 0.4) is 0 Å². The lowest BCUT2D eigenvalue weighted by Crippen LogP contribution is -2.61. The normalized spacial score (nSPS) is 39.0. The molecule has 1 saturated carbocycles. The van der Waals surface area contributed by atoms with Gasteiger partial charge in [-0.2, -0.15) is 0 Å². The molecular formula is C51H82N3O14P. The third-order valence-electron chi connectivity index (χ3n) is 14.8. The van der Waals surface area contributed by atoms with E-state index < -0.39 is 104 Å². The van der Waals surface area contributed by atoms with Crippen LogP contribution >= 0.6 is 7.67 Å². The van der Waals surface area contributed by atoms with Gasteiger partial charge >= 0.3 is 13.6 Å². The van der Waals surface area contributed by atoms with Crippen molar-refractivity contribution >= 4 is 36.9 Å². The summed E-state index contributed by atoms with van der Waals surface area (Å²) in [5.41, 5.74) is 12.3. The van der Waals surface area contributed by atoms with E-state index in [0.717, 1.165) is 5.57 Å². The van der Waals surface area contributed by atoms with Gasteiger partial charge < -0.3 is 43.3 Å². The van der Waals surface area contributed by atoms with Gasteiger partial charge in [-0.3, -0.25) is 23.7 Å². The number of aliphatic hydroxyl groups excluding tert-OH is 1. The number of ether oxygens (including phenoxy) is 5. The Hall–Kier alpha value is -3.22. The van der Waals surface area contributed by atoms with Crippen LogP contribution in [-0.4, -0.2) is 127 Å². The predicted octanol–water partition coefficient (Wildman–Crippen LogP) is 6.23. The van der Waals surface area contributed by atoms with Gasteiger partial charge in [0, 0.05) is 58.5 Å². The van der Waals surface area contributed by atoms with Crippen LogP contribution in [0.25, 0.3) is 0 Å². The summed E-state index contributed by atoms with van der Waals surface area (Å²) in [7, 11) is 0.659. The van der Waals surface area contributed by atoms with E-state index in [1.807, 2.05) is 51.2 Å². The van der Waals surface area contributed by atoms with Crippen LogP contribution in [0.5, 0.6) is 0 Å². The fourth-order valence-electron chi connectivity index (χ4n) is 10.4. The molecule has 0 radical (unpaired) electrons. The van der Waals surface area contributed by atoms with Gasteiger partial charge in [-0.25, -0.2) is 15.8 Å². The molecule has 69 heavy (non-hydrogen) atoms. The second kappa shape index (κ2) is 26.5. The smallest absolute Gasteiger partial charge is 0.335 e. The zero-order valence-corrected chi connectivity index (χ0v) is 43.5. The van der Waals surface area contributed by atoms with Crippen LogP contribution in [0, 0.1) is 35.5 Å². The Bertz CT molecular complexity index is 1950. The van der Waals surface area contributed by atoms with E-state index in [0.29, 0.717) is 69.8 Å². The number of aliphatic hydroxyl groups is 2. The molecule has 0 aromatic heterocycles. The number of hydrogen-bond donors (Lipinski definition) is 4. The van der Waals surface area contributed by atoms with Crippen molar-refractivity contribution in [2.45, 2.75) is 180 Å². The number of piperidine rings is 1. The maximum atomic E-state index is 14.5. The van der Waals surface area contributed by atoms with Gasteiger partial charge in [0.1, 0.15) is 30.1 Å². The fraction of sp³-hybridized carbons (Fsp3) is 0.745. The Kier molecular flexibility index (Phi) is 22.4. The molecule has 4 rings (SSSR count). The maximum Gasteiger partial charge on any atom is 0.335 e. The number of ketones is 3. The molecule has 18 heteroatoms. The molecule has 1 amide bonds. The number of cyclic esters (lactones) is 1. The van der Waals surface area contributed by atoms with Gasteiger partial charge in [-0.05, 0) is 107 Å². The number of allylic oxidation sites excluding steroid dienone is 6. The van der Waals surface area contributed by atoms with Crippen LogP contribution in [0.4, 0.5) is 0 Å². The van der Waals surface area contributed by atoms with E-state index in [2.05, 4.69) is 0 Å². The summed E-state index contributed by atoms with van der Waals surface area (Å²) in [6.45, 7) is 12.6. The van der Waals surface area contributed by atoms with E-state index >= 15 is 0 Å². The van der Waals surface area contributed by atoms with Crippen LogP contribution in [0.2, 0.25) is 0 Å². The number of nitrogens with zero attached hydrogens (tertiary/aromatic N) is 1. The fourth-order valence-corrected chi connectivity index (χ4v) is 11.1. The van der Waals surface area contributed by atoms with Crippen LogP contribution in [-0.2, 0) is 56.7 Å². The van der Waals surface area contributed by atoms with Crippen LogP contribution in [0.1, 0.15) is 126 Å². The van der Waals surface area contributed by atoms with E-state index in [4.69, 9.17) is 39.2 Å². The van der Waals surface area contributed by atoms with Crippen LogP contribution < -0.4 is 11.0 Å². The summed E-state index contributed by atoms with van der Waals surface area (Å²) in [4.78, 5) is 72.1. The molecule has 15 atom stereocenters. The van der Waals surface area contributed by atoms with Crippen molar-refractivity contribution in [1.29, 1.82) is 0 Å². The van der Waals surface area contributed by atoms with Crippen molar-refractivity contribution in [2.24, 2.45) is 46.5 Å². The van der Waals surface area contributed by atoms with Crippen molar-refractivity contribution < 1.29 is 67.0 Å². The molecule has 0 aromatic carbocycles. The molecule has 1 aliphatic carbocycles.